The van der Waals surface area contributed by atoms with E-state index in [-0.39, 0.29) is 18.0 Å². The molecule has 0 bridgehead atoms. The fourth-order valence-electron chi connectivity index (χ4n) is 1.47. The summed E-state index contributed by atoms with van der Waals surface area (Å²) < 4.78 is 5.95. The van der Waals surface area contributed by atoms with Crippen LogP contribution in [0.15, 0.2) is 12.4 Å². The second-order valence-electron chi connectivity index (χ2n) is 4.11. The molecule has 1 aromatic rings. The Morgan fingerprint density at radius 2 is 2.29 bits per heavy atom. The molecule has 116 valence electrons. The highest BCUT2D eigenvalue weighted by Gasteiger charge is 2.25. The third kappa shape index (κ3) is 4.45. The van der Waals surface area contributed by atoms with E-state index < -0.39 is 28.9 Å². The minimum absolute atomic E-state index is 0.0799. The van der Waals surface area contributed by atoms with E-state index in [9.17, 15) is 19.7 Å². The molecule has 0 spiro atoms. The van der Waals surface area contributed by atoms with Crippen LogP contribution in [-0.2, 0) is 14.3 Å². The molecule has 9 nitrogen and oxygen atoms in total. The van der Waals surface area contributed by atoms with Crippen molar-refractivity contribution in [3.05, 3.63) is 22.5 Å². The van der Waals surface area contributed by atoms with Gasteiger partial charge in [0, 0.05) is 5.75 Å². The Hall–Kier alpha value is -2.10. The third-order valence-electron chi connectivity index (χ3n) is 2.65. The van der Waals surface area contributed by atoms with Crippen LogP contribution >= 0.6 is 12.6 Å². The van der Waals surface area contributed by atoms with Crippen LogP contribution in [0.3, 0.4) is 0 Å². The number of carbonyl (C=O) groups is 2. The topological polar surface area (TPSA) is 116 Å². The summed E-state index contributed by atoms with van der Waals surface area (Å²) >= 11 is 3.98. The molecule has 0 saturated heterocycles. The fraction of sp³-hybridized carbons (Fsp3) is 0.545. The summed E-state index contributed by atoms with van der Waals surface area (Å²) in [6.45, 7) is 3.35. The summed E-state index contributed by atoms with van der Waals surface area (Å²) in [6.07, 6.45) is 2.19. The number of ether oxygens (including phenoxy) is 1. The van der Waals surface area contributed by atoms with Crippen LogP contribution in [0.4, 0.5) is 5.69 Å². The molecule has 1 amide bonds. The van der Waals surface area contributed by atoms with E-state index in [4.69, 9.17) is 4.74 Å². The quantitative estimate of drug-likeness (QED) is 0.324. The van der Waals surface area contributed by atoms with Crippen molar-refractivity contribution in [3.8, 4) is 0 Å². The van der Waals surface area contributed by atoms with Gasteiger partial charge in [-0.1, -0.05) is 0 Å². The molecule has 0 aliphatic carbocycles. The standard InChI is InChI=1S/C11H16N4O5S/c1-3-20-11(17)9(6-21)13-10(16)7(2)14-5-8(4-12-14)15(18)19/h4-5,7,9,21H,3,6H2,1-2H3,(H,13,16)/t7-,9+/m1/s1. The van der Waals surface area contributed by atoms with E-state index in [0.717, 1.165) is 17.1 Å². The van der Waals surface area contributed by atoms with Gasteiger partial charge in [0.05, 0.1) is 11.5 Å². The van der Waals surface area contributed by atoms with Crippen molar-refractivity contribution in [1.82, 2.24) is 15.1 Å². The van der Waals surface area contributed by atoms with E-state index in [1.54, 1.807) is 6.92 Å². The first-order valence-electron chi connectivity index (χ1n) is 6.17. The molecule has 21 heavy (non-hydrogen) atoms. The van der Waals surface area contributed by atoms with Gasteiger partial charge in [-0.25, -0.2) is 4.79 Å². The molecule has 1 heterocycles. The Bertz CT molecular complexity index is 532. The lowest BCUT2D eigenvalue weighted by Crippen LogP contribution is -2.45. The van der Waals surface area contributed by atoms with Gasteiger partial charge in [-0.15, -0.1) is 0 Å². The highest BCUT2D eigenvalue weighted by atomic mass is 32.1. The van der Waals surface area contributed by atoms with E-state index in [2.05, 4.69) is 23.0 Å². The van der Waals surface area contributed by atoms with Gasteiger partial charge in [-0.3, -0.25) is 19.6 Å². The van der Waals surface area contributed by atoms with Crippen LogP contribution in [0, 0.1) is 10.1 Å². The maximum atomic E-state index is 12.0. The molecule has 1 N–H and O–H groups in total. The number of nitro groups is 1. The first-order chi connectivity index (χ1) is 9.90. The second-order valence-corrected chi connectivity index (χ2v) is 4.47. The van der Waals surface area contributed by atoms with E-state index in [0.29, 0.717) is 0 Å². The van der Waals surface area contributed by atoms with Gasteiger partial charge >= 0.3 is 11.7 Å². The van der Waals surface area contributed by atoms with Crippen LogP contribution in [0.5, 0.6) is 0 Å². The predicted octanol–water partition coefficient (Wildman–Crippen LogP) is 0.330. The van der Waals surface area contributed by atoms with Crippen molar-refractivity contribution >= 4 is 30.2 Å². The molecular weight excluding hydrogens is 300 g/mol. The smallest absolute Gasteiger partial charge is 0.329 e. The fourth-order valence-corrected chi connectivity index (χ4v) is 1.71. The zero-order valence-electron chi connectivity index (χ0n) is 11.6. The van der Waals surface area contributed by atoms with Crippen LogP contribution in [0.25, 0.3) is 0 Å². The van der Waals surface area contributed by atoms with Crippen molar-refractivity contribution in [2.45, 2.75) is 25.9 Å². The van der Waals surface area contributed by atoms with Gasteiger partial charge in [0.1, 0.15) is 24.5 Å². The molecule has 1 aromatic heterocycles. The van der Waals surface area contributed by atoms with E-state index in [1.165, 1.54) is 6.92 Å². The average molecular weight is 316 g/mol. The van der Waals surface area contributed by atoms with Gasteiger partial charge in [-0.05, 0) is 13.8 Å². The lowest BCUT2D eigenvalue weighted by molar-refractivity contribution is -0.385. The lowest BCUT2D eigenvalue weighted by atomic mass is 10.2. The predicted molar refractivity (Wildman–Crippen MR) is 76.0 cm³/mol. The van der Waals surface area contributed by atoms with E-state index >= 15 is 0 Å². The van der Waals surface area contributed by atoms with E-state index in [1.807, 2.05) is 0 Å². The first-order valence-corrected chi connectivity index (χ1v) is 6.80. The molecule has 0 unspecified atom stereocenters. The number of rotatable bonds is 7. The molecular formula is C11H16N4O5S. The van der Waals surface area contributed by atoms with Gasteiger partial charge in [-0.2, -0.15) is 17.7 Å². The molecule has 0 aliphatic heterocycles. The highest BCUT2D eigenvalue weighted by molar-refractivity contribution is 7.80. The zero-order chi connectivity index (χ0) is 16.0. The number of esters is 1. The second kappa shape index (κ2) is 7.62. The summed E-state index contributed by atoms with van der Waals surface area (Å²) in [5, 5.41) is 16.8. The summed E-state index contributed by atoms with van der Waals surface area (Å²) in [5.41, 5.74) is -0.217. The first kappa shape index (κ1) is 17.0. The highest BCUT2D eigenvalue weighted by Crippen LogP contribution is 2.13. The van der Waals surface area contributed by atoms with Crippen molar-refractivity contribution in [2.24, 2.45) is 0 Å². The monoisotopic (exact) mass is 316 g/mol. The summed E-state index contributed by atoms with van der Waals surface area (Å²) in [7, 11) is 0. The number of nitrogens with one attached hydrogen (secondary N) is 1. The molecule has 1 rings (SSSR count). The Kier molecular flexibility index (Phi) is 6.15. The van der Waals surface area contributed by atoms with Crippen molar-refractivity contribution in [3.63, 3.8) is 0 Å². The molecule has 0 radical (unpaired) electrons. The van der Waals surface area contributed by atoms with Crippen molar-refractivity contribution < 1.29 is 19.2 Å². The van der Waals surface area contributed by atoms with Gasteiger partial charge in [0.15, 0.2) is 0 Å². The Morgan fingerprint density at radius 3 is 2.76 bits per heavy atom. The summed E-state index contributed by atoms with van der Waals surface area (Å²) in [4.78, 5) is 33.5. The number of aromatic nitrogens is 2. The number of thiol groups is 1. The number of amides is 1. The van der Waals surface area contributed by atoms with Crippen LogP contribution < -0.4 is 5.32 Å². The number of nitrogens with zero attached hydrogens (tertiary/aromatic N) is 3. The van der Waals surface area contributed by atoms with Gasteiger partial charge in [0.2, 0.25) is 5.91 Å². The molecule has 0 fully saturated rings. The molecule has 0 aromatic carbocycles. The Morgan fingerprint density at radius 1 is 1.62 bits per heavy atom. The van der Waals surface area contributed by atoms with Crippen molar-refractivity contribution in [1.29, 1.82) is 0 Å². The normalized spacial score (nSPS) is 13.3. The summed E-state index contributed by atoms with van der Waals surface area (Å²) in [6, 6.07) is -1.69. The summed E-state index contributed by atoms with van der Waals surface area (Å²) in [5.74, 6) is -1.02. The van der Waals surface area contributed by atoms with Gasteiger partial charge < -0.3 is 10.1 Å². The lowest BCUT2D eigenvalue weighted by Gasteiger charge is -2.18. The average Bonchev–Trinajstić information content (AvgIpc) is 2.93. The molecule has 0 saturated carbocycles. The van der Waals surface area contributed by atoms with Crippen LogP contribution in [-0.4, -0.2) is 45.0 Å². The molecule has 2 atom stereocenters. The zero-order valence-corrected chi connectivity index (χ0v) is 12.4. The minimum atomic E-state index is -0.881. The van der Waals surface area contributed by atoms with Crippen LogP contribution in [0.2, 0.25) is 0 Å². The number of hydrogen-bond donors (Lipinski definition) is 2. The number of hydrogen-bond acceptors (Lipinski definition) is 7. The Balaban J connectivity index is 2.72. The maximum absolute atomic E-state index is 12.0. The number of carbonyl (C=O) groups excluding carboxylic acids is 2. The van der Waals surface area contributed by atoms with Crippen molar-refractivity contribution in [2.75, 3.05) is 12.4 Å². The minimum Gasteiger partial charge on any atom is -0.464 e. The molecule has 0 aliphatic rings. The third-order valence-corrected chi connectivity index (χ3v) is 3.01. The SMILES string of the molecule is CCOC(=O)[C@H](CS)NC(=O)[C@@H](C)n1cc([N+](=O)[O-])cn1. The molecule has 10 heteroatoms. The largest absolute Gasteiger partial charge is 0.464 e. The van der Waals surface area contributed by atoms with Gasteiger partial charge in [0.25, 0.3) is 0 Å². The van der Waals surface area contributed by atoms with Crippen LogP contribution in [0.1, 0.15) is 19.9 Å². The Labute approximate surface area is 126 Å². The maximum Gasteiger partial charge on any atom is 0.329 e.